The molecule has 0 saturated heterocycles. The second-order valence-corrected chi connectivity index (χ2v) is 5.60. The van der Waals surface area contributed by atoms with Gasteiger partial charge in [-0.1, -0.05) is 18.2 Å². The molecule has 1 aliphatic rings. The zero-order valence-corrected chi connectivity index (χ0v) is 13.5. The predicted molar refractivity (Wildman–Crippen MR) is 89.1 cm³/mol. The number of carbonyl (C=O) groups excluding carboxylic acids is 2. The summed E-state index contributed by atoms with van der Waals surface area (Å²) in [7, 11) is 1.35. The van der Waals surface area contributed by atoms with E-state index in [4.69, 9.17) is 4.74 Å². The number of rotatable bonds is 6. The minimum atomic E-state index is -0.367. The molecular formula is C19H19NO4. The summed E-state index contributed by atoms with van der Waals surface area (Å²) in [5, 5.41) is 0. The lowest BCUT2D eigenvalue weighted by Gasteiger charge is -2.15. The Kier molecular flexibility index (Phi) is 4.79. The molecule has 0 atom stereocenters. The van der Waals surface area contributed by atoms with E-state index in [0.717, 1.165) is 17.5 Å². The number of esters is 1. The highest BCUT2D eigenvalue weighted by Gasteiger charge is 2.25. The Morgan fingerprint density at radius 3 is 2.58 bits per heavy atom. The van der Waals surface area contributed by atoms with E-state index in [2.05, 4.69) is 4.74 Å². The highest BCUT2D eigenvalue weighted by Crippen LogP contribution is 2.22. The summed E-state index contributed by atoms with van der Waals surface area (Å²) in [6.07, 6.45) is 0.748. The van der Waals surface area contributed by atoms with Crippen LogP contribution in [-0.4, -0.2) is 37.0 Å². The van der Waals surface area contributed by atoms with E-state index >= 15 is 0 Å². The van der Waals surface area contributed by atoms with Crippen molar-refractivity contribution in [1.82, 2.24) is 4.90 Å². The molecule has 1 amide bonds. The summed E-state index contributed by atoms with van der Waals surface area (Å²) < 4.78 is 10.3. The molecule has 0 fully saturated rings. The summed E-state index contributed by atoms with van der Waals surface area (Å²) in [5.74, 6) is 0.417. The SMILES string of the molecule is COC(=O)c1ccc(OCCCN2Cc3ccccc3C2=O)cc1. The number of benzene rings is 2. The van der Waals surface area contributed by atoms with E-state index in [1.807, 2.05) is 29.2 Å². The molecule has 0 N–H and O–H groups in total. The molecular weight excluding hydrogens is 306 g/mol. The lowest BCUT2D eigenvalue weighted by atomic mass is 10.1. The Morgan fingerprint density at radius 1 is 1.12 bits per heavy atom. The summed E-state index contributed by atoms with van der Waals surface area (Å²) in [6, 6.07) is 14.5. The molecule has 1 heterocycles. The Labute approximate surface area is 140 Å². The van der Waals surface area contributed by atoms with E-state index in [0.29, 0.717) is 31.0 Å². The number of methoxy groups -OCH3 is 1. The van der Waals surface area contributed by atoms with Crippen LogP contribution in [0.1, 0.15) is 32.7 Å². The standard InChI is InChI=1S/C19H19NO4/c1-23-19(22)14-7-9-16(10-8-14)24-12-4-11-20-13-15-5-2-3-6-17(15)18(20)21/h2-3,5-10H,4,11-13H2,1H3. The van der Waals surface area contributed by atoms with E-state index in [1.54, 1.807) is 24.3 Å². The van der Waals surface area contributed by atoms with Crippen LogP contribution in [0.3, 0.4) is 0 Å². The van der Waals surface area contributed by atoms with Gasteiger partial charge in [0.25, 0.3) is 5.91 Å². The number of amides is 1. The number of carbonyl (C=O) groups is 2. The van der Waals surface area contributed by atoms with Crippen LogP contribution >= 0.6 is 0 Å². The second-order valence-electron chi connectivity index (χ2n) is 5.60. The lowest BCUT2D eigenvalue weighted by Crippen LogP contribution is -2.26. The van der Waals surface area contributed by atoms with Crippen molar-refractivity contribution in [2.75, 3.05) is 20.3 Å². The van der Waals surface area contributed by atoms with Crippen molar-refractivity contribution < 1.29 is 19.1 Å². The van der Waals surface area contributed by atoms with E-state index in [1.165, 1.54) is 7.11 Å². The van der Waals surface area contributed by atoms with Crippen LogP contribution in [0, 0.1) is 0 Å². The van der Waals surface area contributed by atoms with E-state index in [-0.39, 0.29) is 11.9 Å². The van der Waals surface area contributed by atoms with Gasteiger partial charge in [0, 0.05) is 18.7 Å². The zero-order valence-electron chi connectivity index (χ0n) is 13.5. The molecule has 1 aliphatic heterocycles. The van der Waals surface area contributed by atoms with Gasteiger partial charge in [0.15, 0.2) is 0 Å². The first-order chi connectivity index (χ1) is 11.7. The minimum absolute atomic E-state index is 0.0908. The monoisotopic (exact) mass is 325 g/mol. The molecule has 0 spiro atoms. The van der Waals surface area contributed by atoms with Crippen LogP contribution in [0.4, 0.5) is 0 Å². The van der Waals surface area contributed by atoms with Gasteiger partial charge in [0.1, 0.15) is 5.75 Å². The molecule has 0 bridgehead atoms. The first-order valence-electron chi connectivity index (χ1n) is 7.87. The fourth-order valence-electron chi connectivity index (χ4n) is 2.75. The summed E-state index contributed by atoms with van der Waals surface area (Å²) in [4.78, 5) is 25.4. The Hall–Kier alpha value is -2.82. The van der Waals surface area contributed by atoms with Gasteiger partial charge in [-0.05, 0) is 42.3 Å². The fourth-order valence-corrected chi connectivity index (χ4v) is 2.75. The molecule has 0 aromatic heterocycles. The van der Waals surface area contributed by atoms with Crippen molar-refractivity contribution in [1.29, 1.82) is 0 Å². The maximum Gasteiger partial charge on any atom is 0.337 e. The van der Waals surface area contributed by atoms with Crippen molar-refractivity contribution >= 4 is 11.9 Å². The highest BCUT2D eigenvalue weighted by molar-refractivity contribution is 5.98. The average Bonchev–Trinajstić information content (AvgIpc) is 2.95. The van der Waals surface area contributed by atoms with Crippen LogP contribution in [0.2, 0.25) is 0 Å². The molecule has 2 aromatic rings. The smallest absolute Gasteiger partial charge is 0.337 e. The van der Waals surface area contributed by atoms with E-state index < -0.39 is 0 Å². The predicted octanol–water partition coefficient (Wildman–Crippen LogP) is 2.90. The lowest BCUT2D eigenvalue weighted by molar-refractivity contribution is 0.0600. The normalized spacial score (nSPS) is 12.9. The van der Waals surface area contributed by atoms with Gasteiger partial charge in [-0.15, -0.1) is 0 Å². The third-order valence-electron chi connectivity index (χ3n) is 4.01. The van der Waals surface area contributed by atoms with Crippen LogP contribution in [0.5, 0.6) is 5.75 Å². The molecule has 0 aliphatic carbocycles. The van der Waals surface area contributed by atoms with Crippen molar-refractivity contribution in [2.45, 2.75) is 13.0 Å². The van der Waals surface area contributed by atoms with Gasteiger partial charge in [-0.3, -0.25) is 4.79 Å². The molecule has 2 aromatic carbocycles. The van der Waals surface area contributed by atoms with Gasteiger partial charge < -0.3 is 14.4 Å². The van der Waals surface area contributed by atoms with E-state index in [9.17, 15) is 9.59 Å². The topological polar surface area (TPSA) is 55.8 Å². The number of hydrogen-bond donors (Lipinski definition) is 0. The van der Waals surface area contributed by atoms with Crippen molar-refractivity contribution in [2.24, 2.45) is 0 Å². The van der Waals surface area contributed by atoms with Gasteiger partial charge in [-0.2, -0.15) is 0 Å². The fraction of sp³-hybridized carbons (Fsp3) is 0.263. The van der Waals surface area contributed by atoms with Crippen LogP contribution in [0.25, 0.3) is 0 Å². The van der Waals surface area contributed by atoms with Crippen LogP contribution in [0.15, 0.2) is 48.5 Å². The number of hydrogen-bond acceptors (Lipinski definition) is 4. The van der Waals surface area contributed by atoms with Crippen LogP contribution in [-0.2, 0) is 11.3 Å². The Morgan fingerprint density at radius 2 is 1.88 bits per heavy atom. The Bertz CT molecular complexity index is 739. The summed E-state index contributed by atoms with van der Waals surface area (Å²) in [6.45, 7) is 1.84. The van der Waals surface area contributed by atoms with Crippen molar-refractivity contribution in [3.63, 3.8) is 0 Å². The largest absolute Gasteiger partial charge is 0.494 e. The van der Waals surface area contributed by atoms with Crippen molar-refractivity contribution in [3.05, 3.63) is 65.2 Å². The first-order valence-corrected chi connectivity index (χ1v) is 7.87. The number of fused-ring (bicyclic) bond motifs is 1. The molecule has 24 heavy (non-hydrogen) atoms. The Balaban J connectivity index is 1.45. The quantitative estimate of drug-likeness (QED) is 0.605. The van der Waals surface area contributed by atoms with Gasteiger partial charge in [0.2, 0.25) is 0 Å². The molecule has 0 radical (unpaired) electrons. The first kappa shape index (κ1) is 16.1. The number of ether oxygens (including phenoxy) is 2. The molecule has 5 heteroatoms. The van der Waals surface area contributed by atoms with Gasteiger partial charge in [-0.25, -0.2) is 4.79 Å². The third kappa shape index (κ3) is 3.40. The summed E-state index contributed by atoms with van der Waals surface area (Å²) >= 11 is 0. The molecule has 3 rings (SSSR count). The second kappa shape index (κ2) is 7.17. The molecule has 5 nitrogen and oxygen atoms in total. The average molecular weight is 325 g/mol. The maximum absolute atomic E-state index is 12.2. The molecule has 0 unspecified atom stereocenters. The zero-order chi connectivity index (χ0) is 16.9. The van der Waals surface area contributed by atoms with Crippen molar-refractivity contribution in [3.8, 4) is 5.75 Å². The van der Waals surface area contributed by atoms with Gasteiger partial charge in [0.05, 0.1) is 19.3 Å². The maximum atomic E-state index is 12.2. The number of nitrogens with zero attached hydrogens (tertiary/aromatic N) is 1. The molecule has 0 saturated carbocycles. The van der Waals surface area contributed by atoms with Gasteiger partial charge >= 0.3 is 5.97 Å². The van der Waals surface area contributed by atoms with Crippen LogP contribution < -0.4 is 4.74 Å². The minimum Gasteiger partial charge on any atom is -0.494 e. The summed E-state index contributed by atoms with van der Waals surface area (Å²) in [5.41, 5.74) is 2.38. The third-order valence-corrected chi connectivity index (χ3v) is 4.01. The molecule has 124 valence electrons. The highest BCUT2D eigenvalue weighted by atomic mass is 16.5.